The molecule has 0 amide bonds. The van der Waals surface area contributed by atoms with Gasteiger partial charge in [0.25, 0.3) is 0 Å². The molecule has 0 aliphatic heterocycles. The lowest BCUT2D eigenvalue weighted by Gasteiger charge is -2.07. The highest BCUT2D eigenvalue weighted by atomic mass is 32.1. The average Bonchev–Trinajstić information content (AvgIpc) is 2.65. The molecular formula is C12H12FNOS. The van der Waals surface area contributed by atoms with E-state index in [0.29, 0.717) is 6.42 Å². The molecule has 4 heteroatoms. The van der Waals surface area contributed by atoms with Gasteiger partial charge in [0.1, 0.15) is 5.82 Å². The van der Waals surface area contributed by atoms with E-state index in [1.54, 1.807) is 18.3 Å². The van der Waals surface area contributed by atoms with Gasteiger partial charge in [-0.25, -0.2) is 9.37 Å². The van der Waals surface area contributed by atoms with Crippen molar-refractivity contribution in [3.8, 4) is 0 Å². The molecule has 0 fully saturated rings. The molecule has 0 radical (unpaired) electrons. The summed E-state index contributed by atoms with van der Waals surface area (Å²) in [6.45, 7) is 1.89. The maximum absolute atomic E-state index is 12.9. The van der Waals surface area contributed by atoms with Crippen molar-refractivity contribution in [2.45, 2.75) is 19.4 Å². The molecule has 0 saturated carbocycles. The highest BCUT2D eigenvalue weighted by Crippen LogP contribution is 2.23. The zero-order valence-electron chi connectivity index (χ0n) is 8.85. The summed E-state index contributed by atoms with van der Waals surface area (Å²) in [4.78, 5) is 4.90. The number of halogens is 1. The van der Waals surface area contributed by atoms with Gasteiger partial charge in [0.05, 0.1) is 16.0 Å². The van der Waals surface area contributed by atoms with Crippen LogP contribution in [0.2, 0.25) is 0 Å². The summed E-state index contributed by atoms with van der Waals surface area (Å²) >= 11 is 1.46. The minimum atomic E-state index is -0.604. The average molecular weight is 237 g/mol. The molecule has 1 unspecified atom stereocenters. The largest absolute Gasteiger partial charge is 0.387 e. The van der Waals surface area contributed by atoms with Crippen molar-refractivity contribution in [3.05, 3.63) is 51.7 Å². The predicted molar refractivity (Wildman–Crippen MR) is 61.9 cm³/mol. The first-order valence-electron chi connectivity index (χ1n) is 5.00. The maximum atomic E-state index is 12.9. The lowest BCUT2D eigenvalue weighted by molar-refractivity contribution is 0.182. The number of benzene rings is 1. The number of aryl methyl sites for hydroxylation is 1. The van der Waals surface area contributed by atoms with Gasteiger partial charge >= 0.3 is 0 Å². The van der Waals surface area contributed by atoms with Crippen molar-refractivity contribution < 1.29 is 9.50 Å². The number of aromatic nitrogens is 1. The monoisotopic (exact) mass is 237 g/mol. The summed E-state index contributed by atoms with van der Waals surface area (Å²) in [5.41, 5.74) is 0.790. The van der Waals surface area contributed by atoms with Crippen molar-refractivity contribution in [1.29, 1.82) is 0 Å². The first-order chi connectivity index (χ1) is 7.65. The van der Waals surface area contributed by atoms with E-state index in [-0.39, 0.29) is 5.82 Å². The van der Waals surface area contributed by atoms with E-state index in [1.165, 1.54) is 23.5 Å². The Kier molecular flexibility index (Phi) is 3.31. The molecule has 2 rings (SSSR count). The van der Waals surface area contributed by atoms with E-state index >= 15 is 0 Å². The van der Waals surface area contributed by atoms with Crippen LogP contribution in [-0.2, 0) is 6.42 Å². The number of hydrogen-bond acceptors (Lipinski definition) is 3. The molecule has 0 bridgehead atoms. The fraction of sp³-hybridized carbons (Fsp3) is 0.250. The van der Waals surface area contributed by atoms with Crippen LogP contribution in [0.3, 0.4) is 0 Å². The van der Waals surface area contributed by atoms with E-state index in [0.717, 1.165) is 15.4 Å². The van der Waals surface area contributed by atoms with E-state index in [9.17, 15) is 9.50 Å². The van der Waals surface area contributed by atoms with Gasteiger partial charge in [0.15, 0.2) is 0 Å². The Bertz CT molecular complexity index is 483. The molecule has 2 nitrogen and oxygen atoms in total. The van der Waals surface area contributed by atoms with Gasteiger partial charge in [0.2, 0.25) is 0 Å². The first-order valence-corrected chi connectivity index (χ1v) is 5.81. The molecule has 1 aromatic carbocycles. The maximum Gasteiger partial charge on any atom is 0.123 e. The Hall–Kier alpha value is -1.26. The molecule has 0 aliphatic rings. The number of nitrogens with zero attached hydrogens (tertiary/aromatic N) is 1. The molecule has 1 atom stereocenters. The fourth-order valence-electron chi connectivity index (χ4n) is 1.52. The molecule has 2 aromatic rings. The fourth-order valence-corrected chi connectivity index (χ4v) is 2.29. The van der Waals surface area contributed by atoms with E-state index in [2.05, 4.69) is 4.98 Å². The van der Waals surface area contributed by atoms with Crippen LogP contribution >= 0.6 is 11.3 Å². The summed E-state index contributed by atoms with van der Waals surface area (Å²) < 4.78 is 12.9. The summed E-state index contributed by atoms with van der Waals surface area (Å²) in [7, 11) is 0. The third kappa shape index (κ3) is 2.65. The second-order valence-electron chi connectivity index (χ2n) is 3.63. The summed E-state index contributed by atoms with van der Waals surface area (Å²) in [6, 6.07) is 6.29. The molecule has 1 heterocycles. The molecule has 84 valence electrons. The topological polar surface area (TPSA) is 33.1 Å². The molecular weight excluding hydrogens is 225 g/mol. The quantitative estimate of drug-likeness (QED) is 0.890. The SMILES string of the molecule is Cc1ncc(C(O)Cc2cccc(F)c2)s1. The lowest BCUT2D eigenvalue weighted by Crippen LogP contribution is -1.99. The van der Waals surface area contributed by atoms with Gasteiger partial charge in [-0.2, -0.15) is 0 Å². The highest BCUT2D eigenvalue weighted by Gasteiger charge is 2.11. The second-order valence-corrected chi connectivity index (χ2v) is 4.90. The van der Waals surface area contributed by atoms with E-state index in [4.69, 9.17) is 0 Å². The van der Waals surface area contributed by atoms with Gasteiger partial charge < -0.3 is 5.11 Å². The summed E-state index contributed by atoms with van der Waals surface area (Å²) in [5, 5.41) is 10.9. The molecule has 1 aromatic heterocycles. The lowest BCUT2D eigenvalue weighted by atomic mass is 10.1. The third-order valence-electron chi connectivity index (χ3n) is 2.29. The molecule has 0 aliphatic carbocycles. The summed E-state index contributed by atoms with van der Waals surface area (Å²) in [5.74, 6) is -0.273. The third-order valence-corrected chi connectivity index (χ3v) is 3.30. The van der Waals surface area contributed by atoms with Crippen LogP contribution < -0.4 is 0 Å². The minimum absolute atomic E-state index is 0.273. The number of thiazole rings is 1. The molecule has 1 N–H and O–H groups in total. The molecule has 0 saturated heterocycles. The van der Waals surface area contributed by atoms with Crippen LogP contribution in [0.25, 0.3) is 0 Å². The van der Waals surface area contributed by atoms with Crippen molar-refractivity contribution in [2.75, 3.05) is 0 Å². The Labute approximate surface area is 97.4 Å². The first kappa shape index (κ1) is 11.2. The van der Waals surface area contributed by atoms with Crippen LogP contribution in [-0.4, -0.2) is 10.1 Å². The molecule has 16 heavy (non-hydrogen) atoms. The zero-order valence-corrected chi connectivity index (χ0v) is 9.67. The minimum Gasteiger partial charge on any atom is -0.387 e. The standard InChI is InChI=1S/C12H12FNOS/c1-8-14-7-12(16-8)11(15)6-9-3-2-4-10(13)5-9/h2-5,7,11,15H,6H2,1H3. The van der Waals surface area contributed by atoms with Crippen molar-refractivity contribution in [2.24, 2.45) is 0 Å². The summed E-state index contributed by atoms with van der Waals surface area (Å²) in [6.07, 6.45) is 1.48. The van der Waals surface area contributed by atoms with Gasteiger partial charge in [-0.05, 0) is 24.6 Å². The Morgan fingerprint density at radius 2 is 2.31 bits per heavy atom. The Morgan fingerprint density at radius 1 is 1.50 bits per heavy atom. The highest BCUT2D eigenvalue weighted by molar-refractivity contribution is 7.11. The number of aliphatic hydroxyl groups is 1. The van der Waals surface area contributed by atoms with Gasteiger partial charge in [-0.3, -0.25) is 0 Å². The van der Waals surface area contributed by atoms with Crippen molar-refractivity contribution in [1.82, 2.24) is 4.98 Å². The number of rotatable bonds is 3. The van der Waals surface area contributed by atoms with Crippen LogP contribution in [0.4, 0.5) is 4.39 Å². The van der Waals surface area contributed by atoms with Crippen LogP contribution in [0.1, 0.15) is 21.6 Å². The van der Waals surface area contributed by atoms with Crippen LogP contribution in [0.5, 0.6) is 0 Å². The Morgan fingerprint density at radius 3 is 2.94 bits per heavy atom. The molecule has 0 spiro atoms. The second kappa shape index (κ2) is 4.72. The van der Waals surface area contributed by atoms with Crippen molar-refractivity contribution >= 4 is 11.3 Å². The van der Waals surface area contributed by atoms with E-state index in [1.807, 2.05) is 6.92 Å². The Balaban J connectivity index is 2.10. The number of hydrogen-bond donors (Lipinski definition) is 1. The van der Waals surface area contributed by atoms with Gasteiger partial charge in [0, 0.05) is 12.6 Å². The van der Waals surface area contributed by atoms with Gasteiger partial charge in [-0.15, -0.1) is 11.3 Å². The smallest absolute Gasteiger partial charge is 0.123 e. The van der Waals surface area contributed by atoms with Crippen LogP contribution in [0, 0.1) is 12.7 Å². The van der Waals surface area contributed by atoms with Gasteiger partial charge in [-0.1, -0.05) is 12.1 Å². The number of aliphatic hydroxyl groups excluding tert-OH is 1. The predicted octanol–water partition coefficient (Wildman–Crippen LogP) is 2.87. The van der Waals surface area contributed by atoms with Crippen LogP contribution in [0.15, 0.2) is 30.5 Å². The van der Waals surface area contributed by atoms with E-state index < -0.39 is 6.10 Å². The normalized spacial score (nSPS) is 12.7. The van der Waals surface area contributed by atoms with Crippen molar-refractivity contribution in [3.63, 3.8) is 0 Å². The zero-order chi connectivity index (χ0) is 11.5.